The highest BCUT2D eigenvalue weighted by Crippen LogP contribution is 2.39. The van der Waals surface area contributed by atoms with Crippen molar-refractivity contribution in [3.63, 3.8) is 0 Å². The van der Waals surface area contributed by atoms with Crippen LogP contribution >= 0.6 is 11.3 Å². The fourth-order valence-electron chi connectivity index (χ4n) is 6.49. The third-order valence-corrected chi connectivity index (χ3v) is 10.7. The first-order valence-corrected chi connectivity index (χ1v) is 17.4. The molecule has 2 aromatic rings. The first-order chi connectivity index (χ1) is 22.2. The minimum atomic E-state index is -3.74. The molecule has 1 aromatic carbocycles. The summed E-state index contributed by atoms with van der Waals surface area (Å²) in [6.45, 7) is 9.64. The molecule has 1 saturated heterocycles. The van der Waals surface area contributed by atoms with Crippen molar-refractivity contribution < 1.29 is 32.3 Å². The Hall–Kier alpha value is -3.25. The molecule has 1 aromatic heterocycles. The van der Waals surface area contributed by atoms with Crippen LogP contribution in [0.3, 0.4) is 0 Å². The third-order valence-electron chi connectivity index (χ3n) is 9.81. The van der Waals surface area contributed by atoms with Crippen molar-refractivity contribution >= 4 is 40.5 Å². The van der Waals surface area contributed by atoms with Gasteiger partial charge in [0.05, 0.1) is 5.69 Å². The fourth-order valence-corrected chi connectivity index (χ4v) is 7.22. The van der Waals surface area contributed by atoms with E-state index < -0.39 is 47.7 Å². The van der Waals surface area contributed by atoms with Crippen LogP contribution in [-0.4, -0.2) is 72.6 Å². The van der Waals surface area contributed by atoms with E-state index in [2.05, 4.69) is 22.5 Å². The fraction of sp³-hybridized carbons (Fsp3) is 0.600. The maximum Gasteiger partial charge on any atom is 0.331 e. The van der Waals surface area contributed by atoms with E-state index >= 15 is 13.2 Å². The molecule has 0 spiro atoms. The molecule has 2 heterocycles. The van der Waals surface area contributed by atoms with E-state index in [9.17, 15) is 19.2 Å². The Labute approximate surface area is 279 Å². The van der Waals surface area contributed by atoms with Gasteiger partial charge in [0.15, 0.2) is 0 Å². The number of aryl methyl sites for hydroxylation is 1. The summed E-state index contributed by atoms with van der Waals surface area (Å²) >= 11 is 1.13. The molecule has 0 unspecified atom stereocenters. The second kappa shape index (κ2) is 15.8. The summed E-state index contributed by atoms with van der Waals surface area (Å²) in [5.41, 5.74) is -0.0767. The van der Waals surface area contributed by atoms with Gasteiger partial charge < -0.3 is 20.4 Å². The van der Waals surface area contributed by atoms with Crippen molar-refractivity contribution in [1.29, 1.82) is 0 Å². The monoisotopic (exact) mass is 676 g/mol. The first-order valence-electron chi connectivity index (χ1n) is 16.5. The zero-order valence-corrected chi connectivity index (χ0v) is 28.7. The van der Waals surface area contributed by atoms with Gasteiger partial charge in [0.25, 0.3) is 0 Å². The highest BCUT2D eigenvalue weighted by atomic mass is 32.1. The molecule has 8 nitrogen and oxygen atoms in total. The Balaban J connectivity index is 1.53. The predicted molar refractivity (Wildman–Crippen MR) is 177 cm³/mol. The molecule has 3 atom stereocenters. The number of carbonyl (C=O) groups is 4. The van der Waals surface area contributed by atoms with Crippen LogP contribution < -0.4 is 10.6 Å². The van der Waals surface area contributed by atoms with Gasteiger partial charge in [-0.25, -0.2) is 4.39 Å². The second-order valence-electron chi connectivity index (χ2n) is 13.3. The Bertz CT molecular complexity index is 1430. The molecule has 4 rings (SSSR count). The minimum absolute atomic E-state index is 0.146. The molecule has 1 saturated carbocycles. The van der Waals surface area contributed by atoms with E-state index in [1.807, 2.05) is 7.05 Å². The molecule has 0 bridgehead atoms. The van der Waals surface area contributed by atoms with Crippen molar-refractivity contribution in [2.24, 2.45) is 17.8 Å². The van der Waals surface area contributed by atoms with Crippen molar-refractivity contribution in [2.45, 2.75) is 84.1 Å². The number of anilines is 1. The number of carbonyl (C=O) groups excluding carboxylic acids is 4. The van der Waals surface area contributed by atoms with Gasteiger partial charge in [-0.2, -0.15) is 8.78 Å². The Morgan fingerprint density at radius 1 is 1.04 bits per heavy atom. The number of nitrogens with one attached hydrogen (secondary N) is 2. The molecule has 258 valence electrons. The summed E-state index contributed by atoms with van der Waals surface area (Å²) in [4.78, 5) is 57.0. The minimum Gasteiger partial charge on any atom is -0.344 e. The van der Waals surface area contributed by atoms with Gasteiger partial charge in [-0.1, -0.05) is 39.7 Å². The quantitative estimate of drug-likeness (QED) is 0.283. The number of hydrogen-bond acceptors (Lipinski definition) is 6. The second-order valence-corrected chi connectivity index (χ2v) is 14.4. The SMILES string of the molecule is CCC(=O)N[C@@H](C(=O)N1CCN(C)CC1)[C@@H](C)c1ccc(NC(=O)[C@@H](CC(=O)C(F)(F)c2csc(C)c2)C2CCC(C)CC2)c(F)c1. The van der Waals surface area contributed by atoms with Crippen molar-refractivity contribution in [3.05, 3.63) is 51.5 Å². The highest BCUT2D eigenvalue weighted by Gasteiger charge is 2.44. The van der Waals surface area contributed by atoms with Crippen molar-refractivity contribution in [2.75, 3.05) is 38.5 Å². The van der Waals surface area contributed by atoms with E-state index in [0.717, 1.165) is 24.2 Å². The lowest BCUT2D eigenvalue weighted by atomic mass is 9.74. The molecule has 47 heavy (non-hydrogen) atoms. The largest absolute Gasteiger partial charge is 0.344 e. The van der Waals surface area contributed by atoms with Gasteiger partial charge in [-0.15, -0.1) is 11.3 Å². The molecule has 2 fully saturated rings. The Kier molecular flexibility index (Phi) is 12.3. The van der Waals surface area contributed by atoms with Gasteiger partial charge in [0.2, 0.25) is 23.5 Å². The number of hydrogen-bond donors (Lipinski definition) is 2. The third kappa shape index (κ3) is 9.01. The van der Waals surface area contributed by atoms with Crippen molar-refractivity contribution in [3.8, 4) is 0 Å². The summed E-state index contributed by atoms with van der Waals surface area (Å²) in [5.74, 6) is -8.54. The number of likely N-dealkylation sites (N-methyl/N-ethyl adjacent to an activating group) is 1. The van der Waals surface area contributed by atoms with Crippen LogP contribution in [-0.2, 0) is 25.1 Å². The van der Waals surface area contributed by atoms with Crippen LogP contribution in [0.2, 0.25) is 0 Å². The standard InChI is InChI=1S/C35H47F3N4O4S/c1-6-31(44)40-32(34(46)42-15-13-41(5)14-16-42)23(4)25-11-12-29(28(36)18-25)39-33(45)27(24-9-7-21(2)8-10-24)19-30(43)35(37,38)26-17-22(3)47-20-26/h11-12,17-18,20-21,23-24,27,32H,6-10,13-16,19H2,1-5H3,(H,39,45)(H,40,44)/t21?,23-,24?,27-,32+/m0/s1. The molecule has 1 aliphatic carbocycles. The molecular weight excluding hydrogens is 629 g/mol. The van der Waals surface area contributed by atoms with Gasteiger partial charge in [-0.05, 0) is 62.4 Å². The van der Waals surface area contributed by atoms with Gasteiger partial charge in [-0.3, -0.25) is 19.2 Å². The molecule has 2 aliphatic rings. The topological polar surface area (TPSA) is 98.8 Å². The molecular formula is C35H47F3N4O4S. The van der Waals surface area contributed by atoms with Crippen molar-refractivity contribution in [1.82, 2.24) is 15.1 Å². The molecule has 1 aliphatic heterocycles. The number of alkyl halides is 2. The lowest BCUT2D eigenvalue weighted by molar-refractivity contribution is -0.147. The van der Waals surface area contributed by atoms with Crippen LogP contribution in [0.15, 0.2) is 29.6 Å². The number of ketones is 1. The number of thiophene rings is 1. The van der Waals surface area contributed by atoms with Crippen LogP contribution in [0.5, 0.6) is 0 Å². The summed E-state index contributed by atoms with van der Waals surface area (Å²) in [6, 6.07) is 4.56. The predicted octanol–water partition coefficient (Wildman–Crippen LogP) is 6.10. The maximum atomic E-state index is 15.6. The summed E-state index contributed by atoms with van der Waals surface area (Å²) < 4.78 is 46.0. The normalized spacial score (nSPS) is 21.1. The van der Waals surface area contributed by atoms with E-state index in [0.29, 0.717) is 55.4 Å². The number of amides is 3. The first kappa shape index (κ1) is 36.6. The number of rotatable bonds is 12. The Morgan fingerprint density at radius 3 is 2.28 bits per heavy atom. The maximum absolute atomic E-state index is 15.6. The van der Waals surface area contributed by atoms with E-state index in [1.165, 1.54) is 23.6 Å². The molecule has 0 radical (unpaired) electrons. The number of Topliss-reactive ketones (excluding diaryl/α,β-unsaturated/α-hetero) is 1. The number of halogens is 3. The molecule has 2 N–H and O–H groups in total. The van der Waals surface area contributed by atoms with Gasteiger partial charge in [0, 0.05) is 66.7 Å². The van der Waals surface area contributed by atoms with Gasteiger partial charge >= 0.3 is 5.92 Å². The van der Waals surface area contributed by atoms with Crippen LogP contribution in [0, 0.1) is 30.5 Å². The Morgan fingerprint density at radius 2 is 1.70 bits per heavy atom. The zero-order valence-electron chi connectivity index (χ0n) is 27.9. The van der Waals surface area contributed by atoms with E-state index in [4.69, 9.17) is 0 Å². The van der Waals surface area contributed by atoms with Crippen LogP contribution in [0.1, 0.15) is 81.2 Å². The lowest BCUT2D eigenvalue weighted by Gasteiger charge is -2.36. The average Bonchev–Trinajstić information content (AvgIpc) is 3.50. The lowest BCUT2D eigenvalue weighted by Crippen LogP contribution is -2.55. The van der Waals surface area contributed by atoms with E-state index in [1.54, 1.807) is 31.7 Å². The summed E-state index contributed by atoms with van der Waals surface area (Å²) in [5, 5.41) is 6.65. The van der Waals surface area contributed by atoms with E-state index in [-0.39, 0.29) is 35.4 Å². The van der Waals surface area contributed by atoms with Crippen LogP contribution in [0.25, 0.3) is 0 Å². The smallest absolute Gasteiger partial charge is 0.331 e. The van der Waals surface area contributed by atoms with Crippen LogP contribution in [0.4, 0.5) is 18.9 Å². The average molecular weight is 677 g/mol. The molecule has 3 amide bonds. The zero-order chi connectivity index (χ0) is 34.5. The number of nitrogens with zero attached hydrogens (tertiary/aromatic N) is 2. The highest BCUT2D eigenvalue weighted by molar-refractivity contribution is 7.10. The molecule has 12 heteroatoms. The van der Waals surface area contributed by atoms with Gasteiger partial charge in [0.1, 0.15) is 11.9 Å². The number of benzene rings is 1. The number of piperazine rings is 1. The summed E-state index contributed by atoms with van der Waals surface area (Å²) in [7, 11) is 1.97. The summed E-state index contributed by atoms with van der Waals surface area (Å²) in [6.07, 6.45) is 2.37.